The van der Waals surface area contributed by atoms with E-state index in [1.165, 1.54) is 18.4 Å². The summed E-state index contributed by atoms with van der Waals surface area (Å²) in [7, 11) is 1.37. The second-order valence-electron chi connectivity index (χ2n) is 10.7. The number of methoxy groups -OCH3 is 1. The van der Waals surface area contributed by atoms with E-state index in [-0.39, 0.29) is 17.1 Å². The molecule has 0 fully saturated rings. The summed E-state index contributed by atoms with van der Waals surface area (Å²) in [5.41, 5.74) is 5.05. The zero-order valence-corrected chi connectivity index (χ0v) is 22.1. The Bertz CT molecular complexity index is 1320. The van der Waals surface area contributed by atoms with Crippen molar-refractivity contribution in [1.29, 1.82) is 0 Å². The molecule has 1 aliphatic heterocycles. The minimum absolute atomic E-state index is 0.0715. The highest BCUT2D eigenvalue weighted by atomic mass is 32.1. The number of allylic oxidation sites excluding steroid dienone is 3. The van der Waals surface area contributed by atoms with Gasteiger partial charge < -0.3 is 15.4 Å². The maximum absolute atomic E-state index is 14.0. The molecule has 1 amide bonds. The Hall–Kier alpha value is -3.19. The summed E-state index contributed by atoms with van der Waals surface area (Å²) in [6.45, 7) is 6.09. The summed E-state index contributed by atoms with van der Waals surface area (Å²) < 4.78 is 5.08. The van der Waals surface area contributed by atoms with Crippen molar-refractivity contribution in [3.05, 3.63) is 74.4 Å². The molecule has 0 saturated carbocycles. The topological polar surface area (TPSA) is 84.5 Å². The Kier molecular flexibility index (Phi) is 6.37. The van der Waals surface area contributed by atoms with Crippen LogP contribution in [0.15, 0.2) is 52.9 Å². The number of carbonyl (C=O) groups excluding carboxylic acids is 3. The highest BCUT2D eigenvalue weighted by Crippen LogP contribution is 2.47. The minimum Gasteiger partial charge on any atom is -0.465 e. The van der Waals surface area contributed by atoms with Crippen molar-refractivity contribution in [1.82, 2.24) is 5.32 Å². The number of nitrogens with one attached hydrogen (secondary N) is 2. The van der Waals surface area contributed by atoms with E-state index in [2.05, 4.69) is 24.5 Å². The number of ketones is 1. The Morgan fingerprint density at radius 1 is 1.11 bits per heavy atom. The smallest absolute Gasteiger partial charge is 0.341 e. The third kappa shape index (κ3) is 4.30. The predicted octanol–water partition coefficient (Wildman–Crippen LogP) is 5.66. The molecule has 0 saturated heterocycles. The molecule has 2 heterocycles. The van der Waals surface area contributed by atoms with Crippen molar-refractivity contribution < 1.29 is 19.1 Å². The molecule has 1 aromatic heterocycles. The van der Waals surface area contributed by atoms with Crippen LogP contribution in [-0.4, -0.2) is 24.8 Å². The lowest BCUT2D eigenvalue weighted by Gasteiger charge is -2.39. The van der Waals surface area contributed by atoms with Crippen LogP contribution < -0.4 is 10.6 Å². The number of rotatable bonds is 4. The molecule has 6 nitrogen and oxygen atoms in total. The van der Waals surface area contributed by atoms with Crippen molar-refractivity contribution >= 4 is 34.0 Å². The summed E-state index contributed by atoms with van der Waals surface area (Å²) in [5, 5.41) is 6.99. The fourth-order valence-electron chi connectivity index (χ4n) is 5.86. The third-order valence-corrected chi connectivity index (χ3v) is 8.61. The molecule has 2 aromatic rings. The number of esters is 1. The summed E-state index contributed by atoms with van der Waals surface area (Å²) in [6.07, 6.45) is 4.98. The zero-order valence-electron chi connectivity index (χ0n) is 21.2. The van der Waals surface area contributed by atoms with Crippen molar-refractivity contribution in [2.45, 2.75) is 65.2 Å². The lowest BCUT2D eigenvalue weighted by Crippen LogP contribution is -2.39. The van der Waals surface area contributed by atoms with Gasteiger partial charge in [0, 0.05) is 39.8 Å². The molecular weight excluding hydrogens is 472 g/mol. The normalized spacial score (nSPS) is 20.9. The Labute approximate surface area is 215 Å². The molecule has 2 aliphatic carbocycles. The van der Waals surface area contributed by atoms with Gasteiger partial charge in [-0.15, -0.1) is 11.3 Å². The van der Waals surface area contributed by atoms with Crippen LogP contribution >= 0.6 is 11.3 Å². The molecule has 3 aliphatic rings. The van der Waals surface area contributed by atoms with Crippen LogP contribution in [0.2, 0.25) is 0 Å². The lowest BCUT2D eigenvalue weighted by atomic mass is 9.68. The number of dihydropyridines is 1. The maximum Gasteiger partial charge on any atom is 0.341 e. The fraction of sp³-hybridized carbons (Fsp3) is 0.414. The summed E-state index contributed by atoms with van der Waals surface area (Å²) in [5.74, 6) is -1.13. The number of fused-ring (bicyclic) bond motifs is 1. The molecule has 0 bridgehead atoms. The SMILES string of the molecule is COC(=O)c1c(NC(=O)C2=C(C)NC3=C(C(=O)CC(C)(C)C3)[C@H]2c2ccccc2)sc2c1CCCC2. The number of thiophene rings is 1. The van der Waals surface area contributed by atoms with E-state index >= 15 is 0 Å². The first-order valence-electron chi connectivity index (χ1n) is 12.5. The van der Waals surface area contributed by atoms with Crippen LogP contribution in [0, 0.1) is 5.41 Å². The average Bonchev–Trinajstić information content (AvgIpc) is 3.20. The van der Waals surface area contributed by atoms with Gasteiger partial charge in [-0.1, -0.05) is 44.2 Å². The number of aryl methyl sites for hydroxylation is 1. The van der Waals surface area contributed by atoms with Gasteiger partial charge >= 0.3 is 5.97 Å². The number of hydrogen-bond acceptors (Lipinski definition) is 6. The van der Waals surface area contributed by atoms with Gasteiger partial charge in [0.15, 0.2) is 5.78 Å². The average molecular weight is 505 g/mol. The van der Waals surface area contributed by atoms with Gasteiger partial charge in [0.1, 0.15) is 5.00 Å². The van der Waals surface area contributed by atoms with E-state index in [1.54, 1.807) is 0 Å². The summed E-state index contributed by atoms with van der Waals surface area (Å²) in [6, 6.07) is 9.74. The minimum atomic E-state index is -0.470. The van der Waals surface area contributed by atoms with Crippen LogP contribution in [0.1, 0.15) is 78.7 Å². The number of amides is 1. The number of hydrogen-bond donors (Lipinski definition) is 2. The Morgan fingerprint density at radius 3 is 2.56 bits per heavy atom. The third-order valence-electron chi connectivity index (χ3n) is 7.41. The van der Waals surface area contributed by atoms with Crippen molar-refractivity contribution in [2.75, 3.05) is 12.4 Å². The van der Waals surface area contributed by atoms with Gasteiger partial charge in [0.2, 0.25) is 0 Å². The molecule has 1 atom stereocenters. The van der Waals surface area contributed by atoms with Gasteiger partial charge in [-0.25, -0.2) is 4.79 Å². The molecule has 36 heavy (non-hydrogen) atoms. The van der Waals surface area contributed by atoms with E-state index in [9.17, 15) is 14.4 Å². The molecule has 0 radical (unpaired) electrons. The van der Waals surface area contributed by atoms with Crippen LogP contribution in [-0.2, 0) is 27.2 Å². The number of benzene rings is 1. The molecule has 188 valence electrons. The monoisotopic (exact) mass is 504 g/mol. The maximum atomic E-state index is 14.0. The Morgan fingerprint density at radius 2 is 1.83 bits per heavy atom. The van der Waals surface area contributed by atoms with Crippen molar-refractivity contribution in [3.63, 3.8) is 0 Å². The first-order valence-corrected chi connectivity index (χ1v) is 13.3. The van der Waals surface area contributed by atoms with Crippen LogP contribution in [0.4, 0.5) is 5.00 Å². The quantitative estimate of drug-likeness (QED) is 0.525. The van der Waals surface area contributed by atoms with E-state index in [1.807, 2.05) is 37.3 Å². The number of ether oxygens (including phenoxy) is 1. The number of anilines is 1. The van der Waals surface area contributed by atoms with Gasteiger partial charge in [0.25, 0.3) is 5.91 Å². The molecule has 7 heteroatoms. The number of Topliss-reactive ketones (excluding diaryl/α,β-unsaturated/α-hetero) is 1. The Balaban J connectivity index is 1.57. The lowest BCUT2D eigenvalue weighted by molar-refractivity contribution is -0.118. The molecule has 0 unspecified atom stereocenters. The number of carbonyl (C=O) groups is 3. The highest BCUT2D eigenvalue weighted by Gasteiger charge is 2.43. The standard InChI is InChI=1S/C29H32N2O4S/c1-16-22(26(33)31-27-24(28(34)35-4)18-12-8-9-13-21(18)36-27)23(17-10-6-5-7-11-17)25-19(30-16)14-29(2,3)15-20(25)32/h5-7,10-11,23,30H,8-9,12-15H2,1-4H3,(H,31,33)/t23-/m0/s1. The largest absolute Gasteiger partial charge is 0.465 e. The molecular formula is C29H32N2O4S. The second kappa shape index (κ2) is 9.36. The van der Waals surface area contributed by atoms with E-state index < -0.39 is 11.9 Å². The molecule has 2 N–H and O–H groups in total. The predicted molar refractivity (Wildman–Crippen MR) is 141 cm³/mol. The van der Waals surface area contributed by atoms with Gasteiger partial charge in [0.05, 0.1) is 12.7 Å². The molecule has 5 rings (SSSR count). The summed E-state index contributed by atoms with van der Waals surface area (Å²) in [4.78, 5) is 41.3. The second-order valence-corrected chi connectivity index (χ2v) is 11.8. The van der Waals surface area contributed by atoms with Crippen molar-refractivity contribution in [2.24, 2.45) is 5.41 Å². The van der Waals surface area contributed by atoms with E-state index in [4.69, 9.17) is 4.74 Å². The van der Waals surface area contributed by atoms with Crippen LogP contribution in [0.3, 0.4) is 0 Å². The van der Waals surface area contributed by atoms with Gasteiger partial charge in [-0.05, 0) is 55.6 Å². The molecule has 1 aromatic carbocycles. The van der Waals surface area contributed by atoms with E-state index in [0.717, 1.165) is 59.5 Å². The van der Waals surface area contributed by atoms with Gasteiger partial charge in [-0.2, -0.15) is 0 Å². The van der Waals surface area contributed by atoms with Crippen LogP contribution in [0.5, 0.6) is 0 Å². The molecule has 0 spiro atoms. The summed E-state index contributed by atoms with van der Waals surface area (Å²) >= 11 is 1.46. The first-order chi connectivity index (χ1) is 17.2. The first kappa shape index (κ1) is 24.5. The van der Waals surface area contributed by atoms with Crippen molar-refractivity contribution in [3.8, 4) is 0 Å². The highest BCUT2D eigenvalue weighted by molar-refractivity contribution is 7.17. The fourth-order valence-corrected chi connectivity index (χ4v) is 7.13. The van der Waals surface area contributed by atoms with Gasteiger partial charge in [-0.3, -0.25) is 9.59 Å². The van der Waals surface area contributed by atoms with E-state index in [0.29, 0.717) is 28.1 Å². The zero-order chi connectivity index (χ0) is 25.6. The van der Waals surface area contributed by atoms with Crippen LogP contribution in [0.25, 0.3) is 0 Å².